The van der Waals surface area contributed by atoms with Crippen molar-refractivity contribution >= 4 is 0 Å². The number of benzene rings is 1. The fraction of sp³-hybridized carbons (Fsp3) is 0.625. The molecule has 0 aliphatic heterocycles. The summed E-state index contributed by atoms with van der Waals surface area (Å²) in [6.07, 6.45) is 3.02. The van der Waals surface area contributed by atoms with E-state index < -0.39 is 0 Å². The van der Waals surface area contributed by atoms with Gasteiger partial charge in [0.1, 0.15) is 0 Å². The fourth-order valence-electron chi connectivity index (χ4n) is 1.89. The van der Waals surface area contributed by atoms with E-state index in [1.165, 1.54) is 11.1 Å². The first-order chi connectivity index (χ1) is 8.54. The Morgan fingerprint density at radius 2 is 1.67 bits per heavy atom. The highest BCUT2D eigenvalue weighted by Crippen LogP contribution is 2.22. The maximum Gasteiger partial charge on any atom is 0.0431 e. The SMILES string of the molecule is CC(C)(C)c1ccc(CCNCCCCO)cc1. The van der Waals surface area contributed by atoms with Gasteiger partial charge in [0, 0.05) is 6.61 Å². The highest BCUT2D eigenvalue weighted by molar-refractivity contribution is 5.27. The monoisotopic (exact) mass is 249 g/mol. The van der Waals surface area contributed by atoms with Gasteiger partial charge in [-0.05, 0) is 48.9 Å². The minimum atomic E-state index is 0.237. The van der Waals surface area contributed by atoms with Crippen LogP contribution in [-0.2, 0) is 11.8 Å². The van der Waals surface area contributed by atoms with Gasteiger partial charge in [0.2, 0.25) is 0 Å². The van der Waals surface area contributed by atoms with Gasteiger partial charge >= 0.3 is 0 Å². The van der Waals surface area contributed by atoms with Crippen LogP contribution >= 0.6 is 0 Å². The zero-order valence-corrected chi connectivity index (χ0v) is 12.0. The summed E-state index contributed by atoms with van der Waals surface area (Å²) in [5, 5.41) is 12.1. The summed E-state index contributed by atoms with van der Waals surface area (Å²) in [4.78, 5) is 0. The number of nitrogens with one attached hydrogen (secondary N) is 1. The van der Waals surface area contributed by atoms with Gasteiger partial charge in [-0.25, -0.2) is 0 Å². The van der Waals surface area contributed by atoms with Crippen molar-refractivity contribution in [2.24, 2.45) is 0 Å². The van der Waals surface area contributed by atoms with Crippen LogP contribution in [0.3, 0.4) is 0 Å². The Bertz CT molecular complexity index is 324. The van der Waals surface area contributed by atoms with Crippen molar-refractivity contribution in [3.05, 3.63) is 35.4 Å². The molecule has 0 aliphatic carbocycles. The molecule has 0 aliphatic rings. The van der Waals surface area contributed by atoms with Crippen molar-refractivity contribution in [1.82, 2.24) is 5.32 Å². The number of aliphatic hydroxyl groups is 1. The van der Waals surface area contributed by atoms with Crippen LogP contribution in [0.15, 0.2) is 24.3 Å². The molecule has 0 aromatic heterocycles. The summed E-state index contributed by atoms with van der Waals surface area (Å²) in [5.41, 5.74) is 3.01. The average Bonchev–Trinajstić information content (AvgIpc) is 2.33. The van der Waals surface area contributed by atoms with Crippen LogP contribution in [0.1, 0.15) is 44.7 Å². The first-order valence-electron chi connectivity index (χ1n) is 6.95. The van der Waals surface area contributed by atoms with Crippen molar-refractivity contribution in [3.63, 3.8) is 0 Å². The molecule has 1 aromatic rings. The quantitative estimate of drug-likeness (QED) is 0.728. The maximum absolute atomic E-state index is 8.66. The molecule has 102 valence electrons. The number of hydrogen-bond donors (Lipinski definition) is 2. The van der Waals surface area contributed by atoms with Crippen molar-refractivity contribution in [1.29, 1.82) is 0 Å². The molecule has 0 amide bonds. The van der Waals surface area contributed by atoms with Gasteiger partial charge in [0.15, 0.2) is 0 Å². The zero-order chi connectivity index (χ0) is 13.4. The molecule has 0 unspecified atom stereocenters. The summed E-state index contributed by atoms with van der Waals surface area (Å²) in [6, 6.07) is 8.94. The second-order valence-corrected chi connectivity index (χ2v) is 5.88. The summed E-state index contributed by atoms with van der Waals surface area (Å²) in [7, 11) is 0. The normalized spacial score (nSPS) is 11.8. The largest absolute Gasteiger partial charge is 0.396 e. The van der Waals surface area contributed by atoms with Gasteiger partial charge in [-0.15, -0.1) is 0 Å². The predicted molar refractivity (Wildman–Crippen MR) is 78.0 cm³/mol. The molecule has 1 rings (SSSR count). The molecular formula is C16H27NO. The molecule has 0 heterocycles. The molecule has 2 heteroatoms. The standard InChI is InChI=1S/C16H27NO/c1-16(2,3)15-8-6-14(7-9-15)10-12-17-11-4-5-13-18/h6-9,17-18H,4-5,10-13H2,1-3H3. The van der Waals surface area contributed by atoms with Crippen LogP contribution in [0, 0.1) is 0 Å². The van der Waals surface area contributed by atoms with Gasteiger partial charge in [0.05, 0.1) is 0 Å². The average molecular weight is 249 g/mol. The van der Waals surface area contributed by atoms with Crippen LogP contribution in [0.25, 0.3) is 0 Å². The molecule has 0 bridgehead atoms. The maximum atomic E-state index is 8.66. The van der Waals surface area contributed by atoms with Gasteiger partial charge in [-0.2, -0.15) is 0 Å². The lowest BCUT2D eigenvalue weighted by molar-refractivity contribution is 0.284. The summed E-state index contributed by atoms with van der Waals surface area (Å²) >= 11 is 0. The van der Waals surface area contributed by atoms with Gasteiger partial charge in [0.25, 0.3) is 0 Å². The Labute approximate surface area is 111 Å². The van der Waals surface area contributed by atoms with E-state index in [1.54, 1.807) is 0 Å². The molecule has 0 spiro atoms. The van der Waals surface area contributed by atoms with Crippen molar-refractivity contribution in [2.45, 2.75) is 45.4 Å². The van der Waals surface area contributed by atoms with Crippen LogP contribution in [-0.4, -0.2) is 24.8 Å². The van der Waals surface area contributed by atoms with E-state index in [2.05, 4.69) is 50.4 Å². The van der Waals surface area contributed by atoms with Crippen LogP contribution in [0.2, 0.25) is 0 Å². The minimum Gasteiger partial charge on any atom is -0.396 e. The Hall–Kier alpha value is -0.860. The fourth-order valence-corrected chi connectivity index (χ4v) is 1.89. The molecule has 18 heavy (non-hydrogen) atoms. The molecule has 0 saturated heterocycles. The second-order valence-electron chi connectivity index (χ2n) is 5.88. The van der Waals surface area contributed by atoms with Crippen molar-refractivity contribution in [3.8, 4) is 0 Å². The minimum absolute atomic E-state index is 0.237. The van der Waals surface area contributed by atoms with Crippen LogP contribution in [0.4, 0.5) is 0 Å². The van der Waals surface area contributed by atoms with E-state index in [-0.39, 0.29) is 5.41 Å². The Morgan fingerprint density at radius 3 is 2.22 bits per heavy atom. The van der Waals surface area contributed by atoms with Gasteiger partial charge in [-0.1, -0.05) is 45.0 Å². The molecule has 0 radical (unpaired) electrons. The lowest BCUT2D eigenvalue weighted by Gasteiger charge is -2.19. The zero-order valence-electron chi connectivity index (χ0n) is 12.0. The molecule has 0 saturated carbocycles. The van der Waals surface area contributed by atoms with Crippen LogP contribution in [0.5, 0.6) is 0 Å². The molecule has 1 aromatic carbocycles. The van der Waals surface area contributed by atoms with E-state index in [0.717, 1.165) is 32.4 Å². The summed E-state index contributed by atoms with van der Waals surface area (Å²) in [6.45, 7) is 9.04. The first kappa shape index (κ1) is 15.2. The Kier molecular flexibility index (Phi) is 6.37. The lowest BCUT2D eigenvalue weighted by atomic mass is 9.86. The first-order valence-corrected chi connectivity index (χ1v) is 6.95. The van der Waals surface area contributed by atoms with E-state index in [1.807, 2.05) is 0 Å². The molecule has 2 N–H and O–H groups in total. The molecule has 0 atom stereocenters. The lowest BCUT2D eigenvalue weighted by Crippen LogP contribution is -2.18. The van der Waals surface area contributed by atoms with Crippen molar-refractivity contribution < 1.29 is 5.11 Å². The van der Waals surface area contributed by atoms with E-state index in [0.29, 0.717) is 6.61 Å². The summed E-state index contributed by atoms with van der Waals surface area (Å²) in [5.74, 6) is 0. The molecule has 0 fully saturated rings. The van der Waals surface area contributed by atoms with Crippen molar-refractivity contribution in [2.75, 3.05) is 19.7 Å². The van der Waals surface area contributed by atoms with E-state index in [4.69, 9.17) is 5.11 Å². The third kappa shape index (κ3) is 5.65. The predicted octanol–water partition coefficient (Wildman–Crippen LogP) is 2.89. The highest BCUT2D eigenvalue weighted by atomic mass is 16.2. The Morgan fingerprint density at radius 1 is 1.00 bits per heavy atom. The molecular weight excluding hydrogens is 222 g/mol. The summed E-state index contributed by atoms with van der Waals surface area (Å²) < 4.78 is 0. The smallest absolute Gasteiger partial charge is 0.0431 e. The third-order valence-electron chi connectivity index (χ3n) is 3.17. The molecule has 2 nitrogen and oxygen atoms in total. The second kappa shape index (κ2) is 7.55. The highest BCUT2D eigenvalue weighted by Gasteiger charge is 2.12. The number of aliphatic hydroxyl groups excluding tert-OH is 1. The third-order valence-corrected chi connectivity index (χ3v) is 3.17. The van der Waals surface area contributed by atoms with E-state index in [9.17, 15) is 0 Å². The topological polar surface area (TPSA) is 32.3 Å². The van der Waals surface area contributed by atoms with Crippen LogP contribution < -0.4 is 5.32 Å². The number of unbranched alkanes of at least 4 members (excludes halogenated alkanes) is 1. The van der Waals surface area contributed by atoms with Gasteiger partial charge < -0.3 is 10.4 Å². The number of rotatable bonds is 7. The number of hydrogen-bond acceptors (Lipinski definition) is 2. The Balaban J connectivity index is 2.27. The van der Waals surface area contributed by atoms with E-state index >= 15 is 0 Å². The van der Waals surface area contributed by atoms with Gasteiger partial charge in [-0.3, -0.25) is 0 Å².